The Balaban J connectivity index is 0.000000738. The van der Waals surface area contributed by atoms with Crippen LogP contribution in [0.4, 0.5) is 39.9 Å². The Kier molecular flexibility index (Phi) is 10.7. The molecule has 1 atom stereocenters. The molecular formula is C28H28F8N4O6. The molecule has 3 aromatic rings. The largest absolute Gasteiger partial charge is 0.490 e. The van der Waals surface area contributed by atoms with Gasteiger partial charge < -0.3 is 25.6 Å². The zero-order valence-electron chi connectivity index (χ0n) is 24.2. The summed E-state index contributed by atoms with van der Waals surface area (Å²) < 4.78 is 106. The number of hydrogen-bond donors (Lipinski definition) is 4. The smallest absolute Gasteiger partial charge is 0.475 e. The van der Waals surface area contributed by atoms with E-state index in [1.165, 1.54) is 17.5 Å². The Bertz CT molecular complexity index is 1580. The van der Waals surface area contributed by atoms with E-state index in [0.717, 1.165) is 25.0 Å². The summed E-state index contributed by atoms with van der Waals surface area (Å²) in [7, 11) is 0. The zero-order valence-corrected chi connectivity index (χ0v) is 24.2. The van der Waals surface area contributed by atoms with Crippen LogP contribution >= 0.6 is 0 Å². The first-order chi connectivity index (χ1) is 21.2. The number of alkyl halides is 6. The number of aryl methyl sites for hydroxylation is 1. The molecule has 1 fully saturated rings. The summed E-state index contributed by atoms with van der Waals surface area (Å²) in [6.45, 7) is 2.17. The third-order valence-electron chi connectivity index (χ3n) is 6.74. The maximum Gasteiger partial charge on any atom is 0.490 e. The second-order valence-corrected chi connectivity index (χ2v) is 10.8. The van der Waals surface area contributed by atoms with Crippen molar-refractivity contribution in [3.8, 4) is 5.88 Å². The first kappa shape index (κ1) is 35.8. The van der Waals surface area contributed by atoms with Crippen molar-refractivity contribution in [2.75, 3.05) is 6.54 Å². The third kappa shape index (κ3) is 9.68. The number of carboxylic acids is 1. The van der Waals surface area contributed by atoms with Crippen LogP contribution in [0, 0.1) is 18.6 Å². The van der Waals surface area contributed by atoms with Gasteiger partial charge in [-0.15, -0.1) is 0 Å². The van der Waals surface area contributed by atoms with E-state index in [4.69, 9.17) is 19.7 Å². The maximum atomic E-state index is 14.1. The molecule has 4 rings (SSSR count). The average Bonchev–Trinajstić information content (AvgIpc) is 3.70. The highest BCUT2D eigenvalue weighted by Gasteiger charge is 2.39. The molecule has 0 spiro atoms. The van der Waals surface area contributed by atoms with Crippen LogP contribution in [0.2, 0.25) is 0 Å². The Morgan fingerprint density at radius 3 is 2.11 bits per heavy atom. The Morgan fingerprint density at radius 1 is 1.02 bits per heavy atom. The van der Waals surface area contributed by atoms with Crippen LogP contribution in [0.3, 0.4) is 0 Å². The number of carboxylic acid groups (broad SMARTS) is 2. The molecule has 1 aliphatic carbocycles. The number of pyridine rings is 1. The van der Waals surface area contributed by atoms with Gasteiger partial charge in [-0.25, -0.2) is 18.4 Å². The molecule has 252 valence electrons. The SMILES string of the molecule is Cc1cc(OCc2c(F)cccc2F)n2nc(C3CC3)c(C(=O)NCC(C)(CCC(F)(F)F)NC(=O)O)c2c1.O=C(O)C(F)(F)F. The van der Waals surface area contributed by atoms with Gasteiger partial charge >= 0.3 is 24.4 Å². The first-order valence-electron chi connectivity index (χ1n) is 13.5. The van der Waals surface area contributed by atoms with Crippen molar-refractivity contribution in [3.05, 3.63) is 64.4 Å². The number of nitrogens with one attached hydrogen (secondary N) is 2. The number of fused-ring (bicyclic) bond motifs is 1. The lowest BCUT2D eigenvalue weighted by molar-refractivity contribution is -0.192. The van der Waals surface area contributed by atoms with Crippen molar-refractivity contribution in [1.29, 1.82) is 0 Å². The average molecular weight is 669 g/mol. The summed E-state index contributed by atoms with van der Waals surface area (Å²) in [5.41, 5.74) is -0.246. The van der Waals surface area contributed by atoms with Crippen LogP contribution < -0.4 is 15.4 Å². The fraction of sp³-hybridized carbons (Fsp3) is 0.429. The molecule has 0 radical (unpaired) electrons. The lowest BCUT2D eigenvalue weighted by Crippen LogP contribution is -2.53. The van der Waals surface area contributed by atoms with Gasteiger partial charge in [0.2, 0.25) is 5.88 Å². The second kappa shape index (κ2) is 13.8. The number of aliphatic carboxylic acids is 1. The number of halogens is 8. The molecule has 2 amide bonds. The second-order valence-electron chi connectivity index (χ2n) is 10.8. The summed E-state index contributed by atoms with van der Waals surface area (Å²) in [6.07, 6.45) is -11.4. The van der Waals surface area contributed by atoms with E-state index in [1.54, 1.807) is 19.1 Å². The van der Waals surface area contributed by atoms with Gasteiger partial charge in [0.25, 0.3) is 5.91 Å². The quantitative estimate of drug-likeness (QED) is 0.191. The summed E-state index contributed by atoms with van der Waals surface area (Å²) in [4.78, 5) is 33.5. The Hall–Kier alpha value is -4.64. The minimum Gasteiger partial charge on any atom is -0.475 e. The summed E-state index contributed by atoms with van der Waals surface area (Å²) in [5.74, 6) is -4.85. The number of amides is 2. The van der Waals surface area contributed by atoms with Gasteiger partial charge in [0.1, 0.15) is 18.2 Å². The van der Waals surface area contributed by atoms with Crippen LogP contribution in [-0.2, 0) is 11.4 Å². The van der Waals surface area contributed by atoms with E-state index >= 15 is 0 Å². The number of rotatable bonds is 10. The van der Waals surface area contributed by atoms with Gasteiger partial charge in [-0.2, -0.15) is 36.0 Å². The first-order valence-corrected chi connectivity index (χ1v) is 13.5. The van der Waals surface area contributed by atoms with Crippen molar-refractivity contribution < 1.29 is 64.5 Å². The number of hydrogen-bond acceptors (Lipinski definition) is 5. The van der Waals surface area contributed by atoms with Gasteiger partial charge in [0.05, 0.1) is 27.9 Å². The molecule has 10 nitrogen and oxygen atoms in total. The number of ether oxygens (including phenoxy) is 1. The molecule has 1 unspecified atom stereocenters. The molecule has 2 aromatic heterocycles. The zero-order chi connectivity index (χ0) is 34.6. The van der Waals surface area contributed by atoms with Gasteiger partial charge in [-0.1, -0.05) is 6.07 Å². The van der Waals surface area contributed by atoms with Gasteiger partial charge in [0.15, 0.2) is 0 Å². The summed E-state index contributed by atoms with van der Waals surface area (Å²) >= 11 is 0. The topological polar surface area (TPSA) is 142 Å². The van der Waals surface area contributed by atoms with Crippen molar-refractivity contribution in [2.24, 2.45) is 0 Å². The van der Waals surface area contributed by atoms with E-state index < -0.39 is 73.5 Å². The molecule has 4 N–H and O–H groups in total. The van der Waals surface area contributed by atoms with Crippen molar-refractivity contribution >= 4 is 23.5 Å². The van der Waals surface area contributed by atoms with Crippen LogP contribution in [0.5, 0.6) is 5.88 Å². The standard InChI is InChI=1S/C26H27F5N4O4.C2HF3O2/c1-14-10-19-21(23(36)32-13-25(2,33-24(37)38)8-9-26(29,30)31)22(15-6-7-15)34-35(19)20(11-14)39-12-16-17(27)4-3-5-18(16)28;3-2(4,5)1(6)7/h3-5,10-11,15,33H,6-9,12-13H2,1-2H3,(H,32,36)(H,37,38);(H,6,7). The van der Waals surface area contributed by atoms with Crippen molar-refractivity contribution in [3.63, 3.8) is 0 Å². The molecule has 18 heteroatoms. The van der Waals surface area contributed by atoms with Crippen molar-refractivity contribution in [2.45, 2.75) is 69.9 Å². The van der Waals surface area contributed by atoms with E-state index in [1.807, 2.05) is 0 Å². The highest BCUT2D eigenvalue weighted by molar-refractivity contribution is 6.02. The molecule has 46 heavy (non-hydrogen) atoms. The summed E-state index contributed by atoms with van der Waals surface area (Å²) in [6, 6.07) is 6.72. The predicted molar refractivity (Wildman–Crippen MR) is 143 cm³/mol. The normalized spacial score (nSPS) is 14.6. The highest BCUT2D eigenvalue weighted by Crippen LogP contribution is 2.42. The van der Waals surface area contributed by atoms with Crippen LogP contribution in [0.25, 0.3) is 5.52 Å². The molecule has 0 aliphatic heterocycles. The number of carbonyl (C=O) groups is 3. The molecular weight excluding hydrogens is 640 g/mol. The number of carbonyl (C=O) groups excluding carboxylic acids is 1. The number of nitrogens with zero attached hydrogens (tertiary/aromatic N) is 2. The van der Waals surface area contributed by atoms with Gasteiger partial charge in [-0.05, 0) is 56.9 Å². The molecule has 1 aromatic carbocycles. The molecule has 1 aliphatic rings. The van der Waals surface area contributed by atoms with Gasteiger partial charge in [-0.3, -0.25) is 4.79 Å². The minimum absolute atomic E-state index is 0.0309. The lowest BCUT2D eigenvalue weighted by atomic mass is 9.95. The van der Waals surface area contributed by atoms with E-state index in [0.29, 0.717) is 16.8 Å². The molecule has 1 saturated carbocycles. The van der Waals surface area contributed by atoms with E-state index in [2.05, 4.69) is 15.7 Å². The fourth-order valence-electron chi connectivity index (χ4n) is 4.29. The van der Waals surface area contributed by atoms with Gasteiger partial charge in [0, 0.05) is 24.9 Å². The molecule has 2 heterocycles. The van der Waals surface area contributed by atoms with Crippen LogP contribution in [-0.4, -0.2) is 62.2 Å². The Labute approximate surface area is 255 Å². The minimum atomic E-state index is -5.08. The lowest BCUT2D eigenvalue weighted by Gasteiger charge is -2.30. The number of aromatic nitrogens is 2. The van der Waals surface area contributed by atoms with E-state index in [-0.39, 0.29) is 22.9 Å². The Morgan fingerprint density at radius 2 is 1.61 bits per heavy atom. The highest BCUT2D eigenvalue weighted by atomic mass is 19.4. The van der Waals surface area contributed by atoms with Crippen molar-refractivity contribution in [1.82, 2.24) is 20.2 Å². The van der Waals surface area contributed by atoms with Crippen LogP contribution in [0.15, 0.2) is 30.3 Å². The summed E-state index contributed by atoms with van der Waals surface area (Å²) in [5, 5.41) is 25.5. The van der Waals surface area contributed by atoms with Crippen LogP contribution in [0.1, 0.15) is 65.7 Å². The molecule has 0 saturated heterocycles. The third-order valence-corrected chi connectivity index (χ3v) is 6.74. The fourth-order valence-corrected chi connectivity index (χ4v) is 4.29. The number of benzene rings is 1. The monoisotopic (exact) mass is 668 g/mol. The predicted octanol–water partition coefficient (Wildman–Crippen LogP) is 6.11. The van der Waals surface area contributed by atoms with E-state index in [9.17, 15) is 44.7 Å². The maximum absolute atomic E-state index is 14.1. The molecule has 0 bridgehead atoms.